The Kier molecular flexibility index (Phi) is 5.56. The van der Waals surface area contributed by atoms with Crippen molar-refractivity contribution in [3.05, 3.63) is 47.5 Å². The molecule has 7 heteroatoms. The van der Waals surface area contributed by atoms with Gasteiger partial charge in [-0.15, -0.1) is 0 Å². The van der Waals surface area contributed by atoms with Gasteiger partial charge in [-0.05, 0) is 60.7 Å². The maximum Gasteiger partial charge on any atom is 0.228 e. The lowest BCUT2D eigenvalue weighted by Crippen LogP contribution is -2.64. The van der Waals surface area contributed by atoms with Crippen molar-refractivity contribution >= 4 is 18.7 Å². The Hall–Kier alpha value is -2.80. The smallest absolute Gasteiger partial charge is 0.228 e. The van der Waals surface area contributed by atoms with Crippen molar-refractivity contribution in [3.63, 3.8) is 0 Å². The van der Waals surface area contributed by atoms with E-state index in [-0.39, 0.29) is 23.9 Å². The summed E-state index contributed by atoms with van der Waals surface area (Å²) < 4.78 is 14.2. The van der Waals surface area contributed by atoms with Gasteiger partial charge in [-0.25, -0.2) is 9.38 Å². The summed E-state index contributed by atoms with van der Waals surface area (Å²) in [6, 6.07) is 6.17. The monoisotopic (exact) mass is 409 g/mol. The van der Waals surface area contributed by atoms with E-state index in [1.165, 1.54) is 0 Å². The zero-order chi connectivity index (χ0) is 21.3. The molecule has 2 fully saturated rings. The predicted octanol–water partition coefficient (Wildman–Crippen LogP) is 3.19. The van der Waals surface area contributed by atoms with Gasteiger partial charge in [-0.2, -0.15) is 5.10 Å². The molecule has 4 rings (SSSR count). The molecule has 1 saturated heterocycles. The molecular formula is C23H28FN5O. The Morgan fingerprint density at radius 1 is 1.40 bits per heavy atom. The van der Waals surface area contributed by atoms with Gasteiger partial charge in [0.15, 0.2) is 0 Å². The summed E-state index contributed by atoms with van der Waals surface area (Å²) in [5.74, 6) is 0.440. The van der Waals surface area contributed by atoms with Crippen LogP contribution in [0.2, 0.25) is 0 Å². The minimum absolute atomic E-state index is 0.00880. The van der Waals surface area contributed by atoms with Gasteiger partial charge < -0.3 is 5.32 Å². The second-order valence-corrected chi connectivity index (χ2v) is 8.66. The van der Waals surface area contributed by atoms with Crippen LogP contribution in [-0.4, -0.2) is 53.6 Å². The normalized spacial score (nSPS) is 18.7. The fourth-order valence-electron chi connectivity index (χ4n) is 4.65. The van der Waals surface area contributed by atoms with E-state index < -0.39 is 0 Å². The van der Waals surface area contributed by atoms with E-state index in [4.69, 9.17) is 0 Å². The highest BCUT2D eigenvalue weighted by Gasteiger charge is 2.53. The lowest BCUT2D eigenvalue weighted by atomic mass is 9.57. The van der Waals surface area contributed by atoms with Gasteiger partial charge >= 0.3 is 0 Å². The number of halogens is 1. The number of alkyl halides is 1. The van der Waals surface area contributed by atoms with Gasteiger partial charge in [0.25, 0.3) is 0 Å². The van der Waals surface area contributed by atoms with E-state index >= 15 is 0 Å². The van der Waals surface area contributed by atoms with E-state index in [0.29, 0.717) is 12.4 Å². The van der Waals surface area contributed by atoms with Crippen molar-refractivity contribution < 1.29 is 9.18 Å². The fraction of sp³-hybridized carbons (Fsp3) is 0.435. The van der Waals surface area contributed by atoms with Crippen LogP contribution < -0.4 is 5.32 Å². The van der Waals surface area contributed by atoms with Crippen LogP contribution in [-0.2, 0) is 11.8 Å². The minimum atomic E-state index is -0.305. The third-order valence-electron chi connectivity index (χ3n) is 6.28. The highest BCUT2D eigenvalue weighted by Crippen LogP contribution is 2.51. The molecule has 0 radical (unpaired) electrons. The molecule has 1 saturated carbocycles. The number of rotatable bonds is 7. The van der Waals surface area contributed by atoms with Gasteiger partial charge in [0.1, 0.15) is 12.5 Å². The van der Waals surface area contributed by atoms with Gasteiger partial charge in [0.2, 0.25) is 5.91 Å². The van der Waals surface area contributed by atoms with Crippen LogP contribution in [0.1, 0.15) is 24.0 Å². The summed E-state index contributed by atoms with van der Waals surface area (Å²) in [4.78, 5) is 18.8. The zero-order valence-corrected chi connectivity index (χ0v) is 17.6. The number of carbonyl (C=O) groups excluding carboxylic acids is 1. The molecule has 158 valence electrons. The van der Waals surface area contributed by atoms with E-state index in [0.717, 1.165) is 48.2 Å². The maximum atomic E-state index is 12.7. The summed E-state index contributed by atoms with van der Waals surface area (Å²) in [5, 5.41) is 7.16. The second kappa shape index (κ2) is 8.14. The van der Waals surface area contributed by atoms with Gasteiger partial charge in [-0.1, -0.05) is 12.1 Å². The number of nitrogens with zero attached hydrogens (tertiary/aromatic N) is 4. The molecule has 2 heterocycles. The van der Waals surface area contributed by atoms with Gasteiger partial charge in [-0.3, -0.25) is 14.4 Å². The molecule has 1 N–H and O–H groups in total. The molecule has 1 aliphatic heterocycles. The molecule has 6 nitrogen and oxygen atoms in total. The summed E-state index contributed by atoms with van der Waals surface area (Å²) in [5.41, 5.74) is 4.37. The number of aromatic nitrogens is 2. The number of hydrogen-bond donors (Lipinski definition) is 1. The highest BCUT2D eigenvalue weighted by molar-refractivity contribution is 5.83. The minimum Gasteiger partial charge on any atom is -0.310 e. The van der Waals surface area contributed by atoms with Crippen molar-refractivity contribution in [1.82, 2.24) is 20.0 Å². The molecule has 30 heavy (non-hydrogen) atoms. The molecule has 1 aliphatic carbocycles. The number of likely N-dealkylation sites (tertiary alicyclic amines) is 1. The third kappa shape index (κ3) is 4.07. The Bertz CT molecular complexity index is 981. The molecule has 1 aromatic carbocycles. The first-order valence-electron chi connectivity index (χ1n) is 10.3. The van der Waals surface area contributed by atoms with Gasteiger partial charge in [0, 0.05) is 44.4 Å². The summed E-state index contributed by atoms with van der Waals surface area (Å²) in [6.07, 6.45) is 7.38. The average molecular weight is 410 g/mol. The molecular weight excluding hydrogens is 381 g/mol. The van der Waals surface area contributed by atoms with Crippen molar-refractivity contribution in [1.29, 1.82) is 0 Å². The summed E-state index contributed by atoms with van der Waals surface area (Å²) >= 11 is 0. The zero-order valence-electron chi connectivity index (χ0n) is 17.6. The molecule has 1 spiro atoms. The number of benzene rings is 1. The number of aryl methyl sites for hydroxylation is 2. The number of nitrogens with one attached hydrogen (secondary N) is 1. The largest absolute Gasteiger partial charge is 0.310 e. The molecule has 1 aromatic heterocycles. The highest BCUT2D eigenvalue weighted by atomic mass is 19.1. The number of amides is 1. The summed E-state index contributed by atoms with van der Waals surface area (Å²) in [6.45, 7) is 7.66. The molecule has 0 bridgehead atoms. The first-order chi connectivity index (χ1) is 14.4. The van der Waals surface area contributed by atoms with Crippen LogP contribution in [0.15, 0.2) is 41.4 Å². The Morgan fingerprint density at radius 3 is 2.80 bits per heavy atom. The number of aliphatic imine (C=N–C) groups is 1. The van der Waals surface area contributed by atoms with E-state index in [9.17, 15) is 9.18 Å². The number of hydrogen-bond acceptors (Lipinski definition) is 4. The molecule has 2 aliphatic rings. The molecule has 1 amide bonds. The van der Waals surface area contributed by atoms with Crippen LogP contribution in [0.3, 0.4) is 0 Å². The van der Waals surface area contributed by atoms with Crippen molar-refractivity contribution in [2.45, 2.75) is 19.8 Å². The SMILES string of the molecule is C=N/C(=C\c1cc(-c2cnn(C)c2)ccc1C)NC(=O)C1CC2(C1)CN(CCF)C2. The van der Waals surface area contributed by atoms with Crippen molar-refractivity contribution in [2.24, 2.45) is 23.4 Å². The van der Waals surface area contributed by atoms with Crippen LogP contribution >= 0.6 is 0 Å². The molecule has 0 atom stereocenters. The quantitative estimate of drug-likeness (QED) is 0.715. The second-order valence-electron chi connectivity index (χ2n) is 8.66. The summed E-state index contributed by atoms with van der Waals surface area (Å²) in [7, 11) is 1.89. The molecule has 0 unspecified atom stereocenters. The molecule has 2 aromatic rings. The Labute approximate surface area is 176 Å². The van der Waals surface area contributed by atoms with E-state index in [1.54, 1.807) is 4.68 Å². The van der Waals surface area contributed by atoms with Crippen molar-refractivity contribution in [3.8, 4) is 11.1 Å². The first kappa shape index (κ1) is 20.5. The van der Waals surface area contributed by atoms with Crippen LogP contribution in [0, 0.1) is 18.3 Å². The van der Waals surface area contributed by atoms with Crippen LogP contribution in [0.5, 0.6) is 0 Å². The van der Waals surface area contributed by atoms with E-state index in [1.807, 2.05) is 38.5 Å². The van der Waals surface area contributed by atoms with Gasteiger partial charge in [0.05, 0.1) is 6.20 Å². The standard InChI is InChI=1S/C23H28FN5O/c1-16-4-5-17(20-12-26-28(3)13-20)8-18(16)9-21(25-2)27-22(30)19-10-23(11-19)14-29(15-23)7-6-24/h4-5,8-9,12-13,19H,2,6-7,10-11,14-15H2,1,3H3,(H,27,30)/b21-9+. The topological polar surface area (TPSA) is 62.5 Å². The predicted molar refractivity (Wildman–Crippen MR) is 117 cm³/mol. The Balaban J connectivity index is 1.41. The number of carbonyl (C=O) groups is 1. The Morgan fingerprint density at radius 2 is 2.17 bits per heavy atom. The fourth-order valence-corrected chi connectivity index (χ4v) is 4.65. The lowest BCUT2D eigenvalue weighted by Gasteiger charge is -2.58. The third-order valence-corrected chi connectivity index (χ3v) is 6.28. The maximum absolute atomic E-state index is 12.7. The van der Waals surface area contributed by atoms with Crippen LogP contribution in [0.4, 0.5) is 4.39 Å². The van der Waals surface area contributed by atoms with Crippen molar-refractivity contribution in [2.75, 3.05) is 26.3 Å². The van der Waals surface area contributed by atoms with E-state index in [2.05, 4.69) is 39.2 Å². The lowest BCUT2D eigenvalue weighted by molar-refractivity contribution is -0.143. The average Bonchev–Trinajstić information content (AvgIpc) is 3.09. The first-order valence-corrected chi connectivity index (χ1v) is 10.3. The van der Waals surface area contributed by atoms with Crippen LogP contribution in [0.25, 0.3) is 17.2 Å².